The quantitative estimate of drug-likeness (QED) is 0.662. The van der Waals surface area contributed by atoms with Gasteiger partial charge in [-0.05, 0) is 17.7 Å². The van der Waals surface area contributed by atoms with Gasteiger partial charge in [0.1, 0.15) is 5.15 Å². The Morgan fingerprint density at radius 2 is 1.63 bits per heavy atom. The highest BCUT2D eigenvalue weighted by molar-refractivity contribution is 6.32. The summed E-state index contributed by atoms with van der Waals surface area (Å²) in [6, 6.07) is 13.6. The van der Waals surface area contributed by atoms with E-state index < -0.39 is 0 Å². The normalized spacial score (nSPS) is 10.4. The van der Waals surface area contributed by atoms with Crippen LogP contribution in [0, 0.1) is 0 Å². The van der Waals surface area contributed by atoms with Crippen molar-refractivity contribution in [3.05, 3.63) is 66.2 Å². The smallest absolute Gasteiger partial charge is 0.162 e. The van der Waals surface area contributed by atoms with Gasteiger partial charge in [-0.15, -0.1) is 0 Å². The van der Waals surface area contributed by atoms with Crippen LogP contribution in [0.1, 0.15) is 0 Å². The van der Waals surface area contributed by atoms with Crippen molar-refractivity contribution in [3.8, 4) is 22.5 Å². The lowest BCUT2D eigenvalue weighted by Crippen LogP contribution is -1.92. The number of nitrogens with zero attached hydrogens (tertiary/aromatic N) is 3. The summed E-state index contributed by atoms with van der Waals surface area (Å²) in [7, 11) is 0. The highest BCUT2D eigenvalue weighted by Gasteiger charge is 2.08. The van der Waals surface area contributed by atoms with Crippen molar-refractivity contribution in [1.29, 1.82) is 0 Å². The van der Waals surface area contributed by atoms with E-state index in [2.05, 4.69) is 15.0 Å². The summed E-state index contributed by atoms with van der Waals surface area (Å²) >= 11 is 6.24. The van der Waals surface area contributed by atoms with Crippen LogP contribution in [0.25, 0.3) is 22.5 Å². The second-order valence-corrected chi connectivity index (χ2v) is 4.36. The van der Waals surface area contributed by atoms with Crippen LogP contribution in [0.3, 0.4) is 0 Å². The van der Waals surface area contributed by atoms with Crippen LogP contribution < -0.4 is 0 Å². The molecular formula is C15H10ClN3. The van der Waals surface area contributed by atoms with Gasteiger partial charge in [0, 0.05) is 29.7 Å². The summed E-state index contributed by atoms with van der Waals surface area (Å²) in [6.45, 7) is 0. The van der Waals surface area contributed by atoms with Crippen molar-refractivity contribution in [3.63, 3.8) is 0 Å². The van der Waals surface area contributed by atoms with E-state index in [4.69, 9.17) is 11.6 Å². The van der Waals surface area contributed by atoms with Gasteiger partial charge in [0.2, 0.25) is 0 Å². The second kappa shape index (κ2) is 5.16. The Bertz CT molecular complexity index is 684. The molecule has 0 spiro atoms. The minimum Gasteiger partial charge on any atom is -0.264 e. The zero-order valence-corrected chi connectivity index (χ0v) is 10.7. The van der Waals surface area contributed by atoms with Gasteiger partial charge in [-0.1, -0.05) is 41.9 Å². The van der Waals surface area contributed by atoms with Gasteiger partial charge in [0.15, 0.2) is 5.82 Å². The van der Waals surface area contributed by atoms with E-state index in [-0.39, 0.29) is 0 Å². The van der Waals surface area contributed by atoms with Crippen LogP contribution in [0.15, 0.2) is 61.1 Å². The van der Waals surface area contributed by atoms with E-state index in [0.29, 0.717) is 11.0 Å². The van der Waals surface area contributed by atoms with E-state index in [9.17, 15) is 0 Å². The Morgan fingerprint density at radius 3 is 2.32 bits per heavy atom. The molecule has 0 bridgehead atoms. The molecule has 0 aliphatic heterocycles. The van der Waals surface area contributed by atoms with Gasteiger partial charge < -0.3 is 0 Å². The molecule has 0 atom stereocenters. The first-order chi connectivity index (χ1) is 9.34. The highest BCUT2D eigenvalue weighted by Crippen LogP contribution is 2.27. The van der Waals surface area contributed by atoms with Crippen molar-refractivity contribution < 1.29 is 0 Å². The van der Waals surface area contributed by atoms with Crippen LogP contribution in [-0.4, -0.2) is 15.0 Å². The third-order valence-corrected chi connectivity index (χ3v) is 3.03. The fourth-order valence-electron chi connectivity index (χ4n) is 1.81. The molecule has 19 heavy (non-hydrogen) atoms. The van der Waals surface area contributed by atoms with Crippen LogP contribution in [0.2, 0.25) is 5.15 Å². The Hall–Kier alpha value is -2.26. The standard InChI is InChI=1S/C15H10ClN3/c16-14-13(11-5-2-1-3-6-11)10-18-15(19-14)12-7-4-8-17-9-12/h1-10H. The molecular weight excluding hydrogens is 258 g/mol. The van der Waals surface area contributed by atoms with Crippen molar-refractivity contribution in [2.24, 2.45) is 0 Å². The predicted octanol–water partition coefficient (Wildman–Crippen LogP) is 3.86. The maximum atomic E-state index is 6.24. The molecule has 1 aromatic carbocycles. The molecule has 0 N–H and O–H groups in total. The topological polar surface area (TPSA) is 38.7 Å². The molecule has 0 aliphatic rings. The molecule has 0 radical (unpaired) electrons. The monoisotopic (exact) mass is 267 g/mol. The molecule has 0 saturated carbocycles. The number of hydrogen-bond donors (Lipinski definition) is 0. The number of pyridine rings is 1. The zero-order valence-electron chi connectivity index (χ0n) is 9.99. The minimum atomic E-state index is 0.444. The van der Waals surface area contributed by atoms with Gasteiger partial charge in [-0.2, -0.15) is 0 Å². The molecule has 92 valence electrons. The Morgan fingerprint density at radius 1 is 0.842 bits per heavy atom. The van der Waals surface area contributed by atoms with Gasteiger partial charge in [-0.3, -0.25) is 4.98 Å². The van der Waals surface area contributed by atoms with Crippen LogP contribution in [-0.2, 0) is 0 Å². The van der Waals surface area contributed by atoms with E-state index >= 15 is 0 Å². The molecule has 2 heterocycles. The lowest BCUT2D eigenvalue weighted by Gasteiger charge is -2.05. The van der Waals surface area contributed by atoms with Crippen molar-refractivity contribution in [2.45, 2.75) is 0 Å². The zero-order chi connectivity index (χ0) is 13.1. The molecule has 0 amide bonds. The van der Waals surface area contributed by atoms with Gasteiger partial charge >= 0.3 is 0 Å². The molecule has 3 rings (SSSR count). The summed E-state index contributed by atoms with van der Waals surface area (Å²) in [6.07, 6.45) is 5.17. The fourth-order valence-corrected chi connectivity index (χ4v) is 2.04. The molecule has 3 nitrogen and oxygen atoms in total. The second-order valence-electron chi connectivity index (χ2n) is 4.01. The van der Waals surface area contributed by atoms with Crippen molar-refractivity contribution >= 4 is 11.6 Å². The summed E-state index contributed by atoms with van der Waals surface area (Å²) < 4.78 is 0. The average Bonchev–Trinajstić information content (AvgIpc) is 2.49. The number of halogens is 1. The molecule has 4 heteroatoms. The first-order valence-corrected chi connectivity index (χ1v) is 6.21. The first kappa shape index (κ1) is 11.8. The Balaban J connectivity index is 2.04. The first-order valence-electron chi connectivity index (χ1n) is 5.83. The number of benzene rings is 1. The van der Waals surface area contributed by atoms with E-state index in [0.717, 1.165) is 16.7 Å². The maximum absolute atomic E-state index is 6.24. The molecule has 0 aliphatic carbocycles. The van der Waals surface area contributed by atoms with E-state index in [1.54, 1.807) is 18.6 Å². The summed E-state index contributed by atoms with van der Waals surface area (Å²) in [5.41, 5.74) is 2.68. The highest BCUT2D eigenvalue weighted by atomic mass is 35.5. The van der Waals surface area contributed by atoms with Crippen LogP contribution in [0.4, 0.5) is 0 Å². The van der Waals surface area contributed by atoms with Crippen molar-refractivity contribution in [2.75, 3.05) is 0 Å². The SMILES string of the molecule is Clc1nc(-c2cccnc2)ncc1-c1ccccc1. The minimum absolute atomic E-state index is 0.444. The average molecular weight is 268 g/mol. The number of rotatable bonds is 2. The number of aromatic nitrogens is 3. The fraction of sp³-hybridized carbons (Fsp3) is 0. The summed E-state index contributed by atoms with van der Waals surface area (Å²) in [5.74, 6) is 0.581. The van der Waals surface area contributed by atoms with Gasteiger partial charge in [0.05, 0.1) is 0 Å². The largest absolute Gasteiger partial charge is 0.264 e. The lowest BCUT2D eigenvalue weighted by atomic mass is 10.1. The van der Waals surface area contributed by atoms with Gasteiger partial charge in [-0.25, -0.2) is 9.97 Å². The van der Waals surface area contributed by atoms with Gasteiger partial charge in [0.25, 0.3) is 0 Å². The summed E-state index contributed by atoms with van der Waals surface area (Å²) in [4.78, 5) is 12.7. The molecule has 0 saturated heterocycles. The lowest BCUT2D eigenvalue weighted by molar-refractivity contribution is 1.17. The third-order valence-electron chi connectivity index (χ3n) is 2.75. The third kappa shape index (κ3) is 2.46. The number of hydrogen-bond acceptors (Lipinski definition) is 3. The van der Waals surface area contributed by atoms with E-state index in [1.165, 1.54) is 0 Å². The Kier molecular flexibility index (Phi) is 3.21. The molecule has 2 aromatic heterocycles. The van der Waals surface area contributed by atoms with E-state index in [1.807, 2.05) is 42.5 Å². The maximum Gasteiger partial charge on any atom is 0.162 e. The van der Waals surface area contributed by atoms with Crippen LogP contribution in [0.5, 0.6) is 0 Å². The Labute approximate surface area is 116 Å². The molecule has 3 aromatic rings. The molecule has 0 unspecified atom stereocenters. The summed E-state index contributed by atoms with van der Waals surface area (Å²) in [5, 5.41) is 0.444. The predicted molar refractivity (Wildman–Crippen MR) is 75.7 cm³/mol. The van der Waals surface area contributed by atoms with Crippen molar-refractivity contribution in [1.82, 2.24) is 15.0 Å². The van der Waals surface area contributed by atoms with Crippen LogP contribution >= 0.6 is 11.6 Å². The molecule has 0 fully saturated rings.